The van der Waals surface area contributed by atoms with Gasteiger partial charge in [0.15, 0.2) is 0 Å². The molecule has 1 aliphatic rings. The Kier molecular flexibility index (Phi) is 7.24. The average Bonchev–Trinajstić information content (AvgIpc) is 2.72. The van der Waals surface area contributed by atoms with Gasteiger partial charge in [0.25, 0.3) is 0 Å². The molecule has 146 valence electrons. The van der Waals surface area contributed by atoms with Crippen molar-refractivity contribution in [2.24, 2.45) is 5.92 Å². The van der Waals surface area contributed by atoms with E-state index in [9.17, 15) is 5.11 Å². The minimum atomic E-state index is -0.230. The molecule has 1 aliphatic heterocycles. The zero-order valence-electron chi connectivity index (χ0n) is 15.9. The summed E-state index contributed by atoms with van der Waals surface area (Å²) in [4.78, 5) is 0. The van der Waals surface area contributed by atoms with Gasteiger partial charge < -0.3 is 24.1 Å². The molecule has 5 heteroatoms. The second-order valence-corrected chi connectivity index (χ2v) is 6.87. The van der Waals surface area contributed by atoms with Crippen LogP contribution in [0, 0.1) is 5.92 Å². The summed E-state index contributed by atoms with van der Waals surface area (Å²) in [5.74, 6) is 0.858. The van der Waals surface area contributed by atoms with Crippen LogP contribution in [0.15, 0.2) is 54.6 Å². The molecule has 1 saturated heterocycles. The van der Waals surface area contributed by atoms with Crippen molar-refractivity contribution in [2.45, 2.75) is 38.4 Å². The van der Waals surface area contributed by atoms with E-state index < -0.39 is 0 Å². The van der Waals surface area contributed by atoms with Gasteiger partial charge in [-0.1, -0.05) is 49.4 Å². The molecular formula is C22H28O5. The molecule has 0 amide bonds. The minimum Gasteiger partial charge on any atom is -0.497 e. The summed E-state index contributed by atoms with van der Waals surface area (Å²) in [5.41, 5.74) is 2.18. The zero-order valence-corrected chi connectivity index (χ0v) is 15.9. The van der Waals surface area contributed by atoms with Crippen molar-refractivity contribution in [1.82, 2.24) is 0 Å². The predicted octanol–water partition coefficient (Wildman–Crippen LogP) is 3.19. The Morgan fingerprint density at radius 3 is 2.30 bits per heavy atom. The normalized spacial score (nSPS) is 25.3. The number of aliphatic hydroxyl groups is 1. The van der Waals surface area contributed by atoms with Crippen LogP contribution in [-0.4, -0.2) is 43.7 Å². The molecule has 2 aromatic rings. The fraction of sp³-hybridized carbons (Fsp3) is 0.455. The minimum absolute atomic E-state index is 0.0163. The smallest absolute Gasteiger partial charge is 0.118 e. The summed E-state index contributed by atoms with van der Waals surface area (Å²) in [7, 11) is 1.65. The number of ether oxygens (including phenoxy) is 4. The van der Waals surface area contributed by atoms with Gasteiger partial charge in [0, 0.05) is 5.92 Å². The Balaban J connectivity index is 1.62. The molecule has 3 rings (SSSR count). The molecule has 1 N–H and O–H groups in total. The Hall–Kier alpha value is -1.92. The van der Waals surface area contributed by atoms with Gasteiger partial charge in [0.2, 0.25) is 0 Å². The summed E-state index contributed by atoms with van der Waals surface area (Å²) >= 11 is 0. The molecule has 0 bridgehead atoms. The van der Waals surface area contributed by atoms with Gasteiger partial charge in [-0.3, -0.25) is 0 Å². The van der Waals surface area contributed by atoms with Crippen LogP contribution in [0.2, 0.25) is 0 Å². The maximum absolute atomic E-state index is 9.57. The van der Waals surface area contributed by atoms with Gasteiger partial charge in [-0.05, 0) is 23.3 Å². The van der Waals surface area contributed by atoms with Crippen LogP contribution in [0.4, 0.5) is 0 Å². The summed E-state index contributed by atoms with van der Waals surface area (Å²) < 4.78 is 23.3. The monoisotopic (exact) mass is 372 g/mol. The van der Waals surface area contributed by atoms with Gasteiger partial charge in [-0.2, -0.15) is 0 Å². The summed E-state index contributed by atoms with van der Waals surface area (Å²) in [6, 6.07) is 17.9. The van der Waals surface area contributed by atoms with E-state index in [-0.39, 0.29) is 30.8 Å². The third-order valence-electron chi connectivity index (χ3n) is 5.03. The Labute approximate surface area is 160 Å². The van der Waals surface area contributed by atoms with Crippen molar-refractivity contribution in [1.29, 1.82) is 0 Å². The lowest BCUT2D eigenvalue weighted by Crippen LogP contribution is -2.51. The first kappa shape index (κ1) is 19.8. The van der Waals surface area contributed by atoms with Crippen molar-refractivity contribution < 1.29 is 24.1 Å². The van der Waals surface area contributed by atoms with Gasteiger partial charge in [0.05, 0.1) is 45.7 Å². The second-order valence-electron chi connectivity index (χ2n) is 6.87. The summed E-state index contributed by atoms with van der Waals surface area (Å²) in [5, 5.41) is 9.57. The van der Waals surface area contributed by atoms with E-state index in [1.165, 1.54) is 0 Å². The lowest BCUT2D eigenvalue weighted by molar-refractivity contribution is -0.203. The summed E-state index contributed by atoms with van der Waals surface area (Å²) in [6.07, 6.45) is -0.561. The van der Waals surface area contributed by atoms with Gasteiger partial charge in [0.1, 0.15) is 11.9 Å². The van der Waals surface area contributed by atoms with Crippen molar-refractivity contribution in [2.75, 3.05) is 20.3 Å². The predicted molar refractivity (Wildman–Crippen MR) is 103 cm³/mol. The number of aliphatic hydroxyl groups excluding tert-OH is 1. The molecule has 1 fully saturated rings. The van der Waals surface area contributed by atoms with Crippen LogP contribution >= 0.6 is 0 Å². The lowest BCUT2D eigenvalue weighted by Gasteiger charge is -2.40. The highest BCUT2D eigenvalue weighted by atomic mass is 16.6. The van der Waals surface area contributed by atoms with Crippen LogP contribution < -0.4 is 4.74 Å². The van der Waals surface area contributed by atoms with E-state index in [4.69, 9.17) is 18.9 Å². The Morgan fingerprint density at radius 2 is 1.63 bits per heavy atom. The SMILES string of the molecule is COc1ccc(CO[C@H]2CO[C@@H](CO)[C@H](C)[C@H]2OCc2ccccc2)cc1. The highest BCUT2D eigenvalue weighted by Crippen LogP contribution is 2.27. The van der Waals surface area contributed by atoms with Crippen molar-refractivity contribution in [3.05, 3.63) is 65.7 Å². The van der Waals surface area contributed by atoms with E-state index in [1.807, 2.05) is 61.5 Å². The van der Waals surface area contributed by atoms with Crippen LogP contribution in [0.1, 0.15) is 18.1 Å². The molecule has 5 nitrogen and oxygen atoms in total. The molecule has 2 aromatic carbocycles. The standard InChI is InChI=1S/C22H28O5/c1-16-20(12-23)26-15-21(22(16)27-14-17-6-4-3-5-7-17)25-13-18-8-10-19(24-2)11-9-18/h3-11,16,20-23H,12-15H2,1-2H3/t16-,20-,21-,22+/m0/s1. The number of hydrogen-bond acceptors (Lipinski definition) is 5. The molecule has 0 aliphatic carbocycles. The van der Waals surface area contributed by atoms with Crippen LogP contribution in [-0.2, 0) is 27.4 Å². The molecule has 0 spiro atoms. The van der Waals surface area contributed by atoms with E-state index in [0.717, 1.165) is 16.9 Å². The molecule has 0 unspecified atom stereocenters. The van der Waals surface area contributed by atoms with Crippen molar-refractivity contribution in [3.8, 4) is 5.75 Å². The van der Waals surface area contributed by atoms with Crippen LogP contribution in [0.3, 0.4) is 0 Å². The number of rotatable bonds is 8. The molecule has 0 aromatic heterocycles. The quantitative estimate of drug-likeness (QED) is 0.771. The number of methoxy groups -OCH3 is 1. The topological polar surface area (TPSA) is 57.2 Å². The maximum Gasteiger partial charge on any atom is 0.118 e. The molecule has 0 radical (unpaired) electrons. The summed E-state index contributed by atoms with van der Waals surface area (Å²) in [6.45, 7) is 3.41. The third kappa shape index (κ3) is 5.30. The van der Waals surface area contributed by atoms with E-state index >= 15 is 0 Å². The Morgan fingerprint density at radius 1 is 0.963 bits per heavy atom. The molecule has 0 saturated carbocycles. The second kappa shape index (κ2) is 9.85. The lowest BCUT2D eigenvalue weighted by atomic mass is 9.91. The van der Waals surface area contributed by atoms with Crippen LogP contribution in [0.25, 0.3) is 0 Å². The molecular weight excluding hydrogens is 344 g/mol. The number of benzene rings is 2. The number of hydrogen-bond donors (Lipinski definition) is 1. The molecule has 1 heterocycles. The fourth-order valence-electron chi connectivity index (χ4n) is 3.33. The maximum atomic E-state index is 9.57. The van der Waals surface area contributed by atoms with Gasteiger partial charge >= 0.3 is 0 Å². The zero-order chi connectivity index (χ0) is 19.1. The van der Waals surface area contributed by atoms with Crippen LogP contribution in [0.5, 0.6) is 5.75 Å². The van der Waals surface area contributed by atoms with E-state index in [0.29, 0.717) is 19.8 Å². The van der Waals surface area contributed by atoms with Crippen molar-refractivity contribution >= 4 is 0 Å². The first-order valence-corrected chi connectivity index (χ1v) is 9.33. The third-order valence-corrected chi connectivity index (χ3v) is 5.03. The van der Waals surface area contributed by atoms with E-state index in [2.05, 4.69) is 0 Å². The fourth-order valence-corrected chi connectivity index (χ4v) is 3.33. The van der Waals surface area contributed by atoms with Gasteiger partial charge in [-0.15, -0.1) is 0 Å². The largest absolute Gasteiger partial charge is 0.497 e. The average molecular weight is 372 g/mol. The Bertz CT molecular complexity index is 673. The molecule has 27 heavy (non-hydrogen) atoms. The first-order valence-electron chi connectivity index (χ1n) is 9.33. The highest BCUT2D eigenvalue weighted by Gasteiger charge is 2.39. The molecule has 4 atom stereocenters. The van der Waals surface area contributed by atoms with Crippen molar-refractivity contribution in [3.63, 3.8) is 0 Å². The van der Waals surface area contributed by atoms with Gasteiger partial charge in [-0.25, -0.2) is 0 Å². The first-order chi connectivity index (χ1) is 13.2. The highest BCUT2D eigenvalue weighted by molar-refractivity contribution is 5.26. The van der Waals surface area contributed by atoms with E-state index in [1.54, 1.807) is 7.11 Å².